The number of hydrogen-bond donors (Lipinski definition) is 2. The minimum atomic E-state index is -2.27. The number of hydrogen-bond acceptors (Lipinski definition) is 6. The number of aliphatic hydroxyl groups is 2. The van der Waals surface area contributed by atoms with Crippen LogP contribution in [-0.4, -0.2) is 51.7 Å². The Balaban J connectivity index is 1.73. The third-order valence-electron chi connectivity index (χ3n) is 9.61. The van der Waals surface area contributed by atoms with Gasteiger partial charge in [-0.25, -0.2) is 8.78 Å². The summed E-state index contributed by atoms with van der Waals surface area (Å²) >= 11 is 0. The van der Waals surface area contributed by atoms with E-state index >= 15 is 8.78 Å². The van der Waals surface area contributed by atoms with Crippen LogP contribution in [0.5, 0.6) is 0 Å². The number of aliphatic hydroxyl groups excluding tert-OH is 1. The van der Waals surface area contributed by atoms with Gasteiger partial charge in [-0.05, 0) is 64.0 Å². The van der Waals surface area contributed by atoms with Gasteiger partial charge in [-0.2, -0.15) is 0 Å². The van der Waals surface area contributed by atoms with E-state index < -0.39 is 75.6 Å². The highest BCUT2D eigenvalue weighted by Crippen LogP contribution is 2.71. The second kappa shape index (κ2) is 7.78. The van der Waals surface area contributed by atoms with Crippen molar-refractivity contribution in [3.63, 3.8) is 0 Å². The predicted octanol–water partition coefficient (Wildman–Crippen LogP) is 3.79. The highest BCUT2D eigenvalue weighted by atomic mass is 19.1. The van der Waals surface area contributed by atoms with E-state index in [0.717, 1.165) is 0 Å². The summed E-state index contributed by atoms with van der Waals surface area (Å²) in [6.45, 7) is 9.15. The van der Waals surface area contributed by atoms with E-state index in [1.165, 1.54) is 19.1 Å². The number of ether oxygens (including phenoxy) is 1. The van der Waals surface area contributed by atoms with Crippen molar-refractivity contribution < 1.29 is 38.1 Å². The molecule has 194 valence electrons. The molecule has 0 aromatic heterocycles. The zero-order valence-electron chi connectivity index (χ0n) is 21.3. The van der Waals surface area contributed by atoms with Crippen molar-refractivity contribution in [2.75, 3.05) is 6.61 Å². The Bertz CT molecular complexity index is 1040. The lowest BCUT2D eigenvalue weighted by molar-refractivity contribution is -0.217. The Kier molecular flexibility index (Phi) is 5.81. The van der Waals surface area contributed by atoms with E-state index in [9.17, 15) is 24.6 Å². The third kappa shape index (κ3) is 3.28. The van der Waals surface area contributed by atoms with Crippen molar-refractivity contribution in [3.8, 4) is 0 Å². The first-order chi connectivity index (χ1) is 15.9. The van der Waals surface area contributed by atoms with Gasteiger partial charge >= 0.3 is 5.97 Å². The van der Waals surface area contributed by atoms with Gasteiger partial charge in [-0.1, -0.05) is 19.9 Å². The Morgan fingerprint density at radius 2 is 1.86 bits per heavy atom. The van der Waals surface area contributed by atoms with Crippen LogP contribution in [0.2, 0.25) is 0 Å². The van der Waals surface area contributed by atoms with E-state index in [2.05, 4.69) is 0 Å². The standard InChI is InChI=1S/C27H36F2O6/c1-14-9-16-17-11-19(28)18-10-15(30)7-8-24(18,5)26(17,29)20(31)12-25(16,6)27(14,34)21(32)13-35-22(33)23(2,3)4/h7-8,14,16-17,20,31,34H,9-13H2,1-6H3/t14-,16+,17+,20+,24+,25+,26+,27+/m1/s1. The van der Waals surface area contributed by atoms with E-state index in [-0.39, 0.29) is 37.0 Å². The van der Waals surface area contributed by atoms with Gasteiger partial charge in [0.05, 0.1) is 11.5 Å². The minimum Gasteiger partial charge on any atom is -0.457 e. The van der Waals surface area contributed by atoms with Crippen LogP contribution >= 0.6 is 0 Å². The number of allylic oxidation sites excluding steroid dienone is 4. The topological polar surface area (TPSA) is 101 Å². The molecule has 2 N–H and O–H groups in total. The fraction of sp³-hybridized carbons (Fsp3) is 0.741. The maximum Gasteiger partial charge on any atom is 0.311 e. The minimum absolute atomic E-state index is 0.0675. The Morgan fingerprint density at radius 1 is 1.23 bits per heavy atom. The van der Waals surface area contributed by atoms with E-state index in [1.54, 1.807) is 34.6 Å². The molecule has 0 spiro atoms. The Labute approximate surface area is 204 Å². The summed E-state index contributed by atoms with van der Waals surface area (Å²) in [7, 11) is 0. The normalized spacial score (nSPS) is 45.0. The van der Waals surface area contributed by atoms with Crippen LogP contribution < -0.4 is 0 Å². The van der Waals surface area contributed by atoms with Crippen LogP contribution in [0.3, 0.4) is 0 Å². The largest absolute Gasteiger partial charge is 0.457 e. The Morgan fingerprint density at radius 3 is 2.46 bits per heavy atom. The molecule has 0 radical (unpaired) electrons. The van der Waals surface area contributed by atoms with Gasteiger partial charge in [0.25, 0.3) is 0 Å². The zero-order chi connectivity index (χ0) is 26.4. The smallest absolute Gasteiger partial charge is 0.311 e. The van der Waals surface area contributed by atoms with Gasteiger partial charge in [-0.3, -0.25) is 14.4 Å². The van der Waals surface area contributed by atoms with Crippen molar-refractivity contribution in [2.24, 2.45) is 34.0 Å². The highest BCUT2D eigenvalue weighted by Gasteiger charge is 2.76. The molecule has 0 heterocycles. The predicted molar refractivity (Wildman–Crippen MR) is 123 cm³/mol. The van der Waals surface area contributed by atoms with Crippen molar-refractivity contribution in [3.05, 3.63) is 23.6 Å². The number of halogens is 2. The molecule has 2 saturated carbocycles. The quantitative estimate of drug-likeness (QED) is 0.579. The summed E-state index contributed by atoms with van der Waals surface area (Å²) in [6, 6.07) is 0. The van der Waals surface area contributed by atoms with Gasteiger partial charge in [0.15, 0.2) is 18.1 Å². The van der Waals surface area contributed by atoms with Crippen molar-refractivity contribution in [1.82, 2.24) is 0 Å². The number of ketones is 2. The second-order valence-corrected chi connectivity index (χ2v) is 12.5. The summed E-state index contributed by atoms with van der Waals surface area (Å²) in [5.74, 6) is -4.42. The van der Waals surface area contributed by atoms with Crippen LogP contribution in [0.4, 0.5) is 8.78 Å². The first-order valence-corrected chi connectivity index (χ1v) is 12.3. The zero-order valence-corrected chi connectivity index (χ0v) is 21.3. The molecular weight excluding hydrogens is 458 g/mol. The third-order valence-corrected chi connectivity index (χ3v) is 9.61. The monoisotopic (exact) mass is 494 g/mol. The molecule has 35 heavy (non-hydrogen) atoms. The number of carbonyl (C=O) groups is 3. The molecule has 0 unspecified atom stereocenters. The molecule has 0 aromatic carbocycles. The summed E-state index contributed by atoms with van der Waals surface area (Å²) in [4.78, 5) is 37.6. The number of Topliss-reactive ketones (excluding diaryl/α,β-unsaturated/α-hetero) is 1. The second-order valence-electron chi connectivity index (χ2n) is 12.5. The first kappa shape index (κ1) is 26.1. The van der Waals surface area contributed by atoms with Gasteiger partial charge in [0.2, 0.25) is 5.78 Å². The molecule has 0 amide bonds. The van der Waals surface area contributed by atoms with E-state index in [4.69, 9.17) is 4.74 Å². The van der Waals surface area contributed by atoms with Crippen LogP contribution in [0.1, 0.15) is 67.2 Å². The lowest BCUT2D eigenvalue weighted by Gasteiger charge is -2.62. The number of esters is 1. The Hall–Kier alpha value is -1.93. The average Bonchev–Trinajstić information content (AvgIpc) is 2.96. The first-order valence-electron chi connectivity index (χ1n) is 12.3. The molecule has 4 aliphatic rings. The molecular formula is C27H36F2O6. The maximum absolute atomic E-state index is 17.2. The SMILES string of the molecule is C[C@@H]1C[C@H]2[C@@H]3CC(F)=C4CC(=O)C=C[C@]4(C)[C@@]3(F)[C@@H](O)C[C@]2(C)[C@@]1(O)C(=O)COC(=O)C(C)(C)C. The number of carbonyl (C=O) groups excluding carboxylic acids is 3. The van der Waals surface area contributed by atoms with Crippen LogP contribution in [-0.2, 0) is 19.1 Å². The van der Waals surface area contributed by atoms with E-state index in [1.807, 2.05) is 0 Å². The fourth-order valence-corrected chi connectivity index (χ4v) is 7.57. The summed E-state index contributed by atoms with van der Waals surface area (Å²) in [5, 5.41) is 23.2. The highest BCUT2D eigenvalue weighted by molar-refractivity contribution is 5.94. The molecule has 6 nitrogen and oxygen atoms in total. The maximum atomic E-state index is 17.2. The lowest BCUT2D eigenvalue weighted by atomic mass is 9.45. The van der Waals surface area contributed by atoms with Gasteiger partial charge in [0, 0.05) is 29.6 Å². The summed E-state index contributed by atoms with van der Waals surface area (Å²) in [6.07, 6.45) is 0.489. The van der Waals surface area contributed by atoms with Gasteiger partial charge in [0.1, 0.15) is 11.4 Å². The number of rotatable bonds is 3. The summed E-state index contributed by atoms with van der Waals surface area (Å²) in [5.41, 5.74) is -7.80. The van der Waals surface area contributed by atoms with Crippen LogP contribution in [0.15, 0.2) is 23.6 Å². The molecule has 4 rings (SSSR count). The van der Waals surface area contributed by atoms with Crippen LogP contribution in [0, 0.1) is 34.0 Å². The molecule has 2 fully saturated rings. The van der Waals surface area contributed by atoms with Crippen molar-refractivity contribution in [1.29, 1.82) is 0 Å². The molecule has 8 heteroatoms. The number of alkyl halides is 1. The van der Waals surface area contributed by atoms with Gasteiger partial charge in [-0.15, -0.1) is 0 Å². The molecule has 8 atom stereocenters. The molecule has 0 aliphatic heterocycles. The summed E-state index contributed by atoms with van der Waals surface area (Å²) < 4.78 is 37.8. The van der Waals surface area contributed by atoms with Gasteiger partial charge < -0.3 is 14.9 Å². The van der Waals surface area contributed by atoms with Crippen molar-refractivity contribution in [2.45, 2.75) is 84.6 Å². The molecule has 0 bridgehead atoms. The average molecular weight is 495 g/mol. The molecule has 0 aromatic rings. The fourth-order valence-electron chi connectivity index (χ4n) is 7.57. The number of fused-ring (bicyclic) bond motifs is 5. The van der Waals surface area contributed by atoms with Crippen molar-refractivity contribution >= 4 is 17.5 Å². The van der Waals surface area contributed by atoms with Crippen LogP contribution in [0.25, 0.3) is 0 Å². The lowest BCUT2D eigenvalue weighted by Crippen LogP contribution is -2.69. The molecule has 0 saturated heterocycles. The molecule has 4 aliphatic carbocycles. The van der Waals surface area contributed by atoms with E-state index in [0.29, 0.717) is 0 Å².